The molecule has 0 aliphatic carbocycles. The Morgan fingerprint density at radius 3 is 2.78 bits per heavy atom. The first-order chi connectivity index (χ1) is 13.2. The van der Waals surface area contributed by atoms with Gasteiger partial charge < -0.3 is 9.88 Å². The first kappa shape index (κ1) is 17.9. The highest BCUT2D eigenvalue weighted by Gasteiger charge is 2.14. The number of nitrogens with one attached hydrogen (secondary N) is 1. The van der Waals surface area contributed by atoms with E-state index in [9.17, 15) is 4.79 Å². The smallest absolute Gasteiger partial charge is 0.251 e. The van der Waals surface area contributed by atoms with Crippen LogP contribution in [0.3, 0.4) is 0 Å². The minimum Gasteiger partial charge on any atom is -0.352 e. The molecule has 0 saturated heterocycles. The van der Waals surface area contributed by atoms with Crippen LogP contribution in [0.15, 0.2) is 41.1 Å². The summed E-state index contributed by atoms with van der Waals surface area (Å²) in [5.74, 6) is 1.96. The summed E-state index contributed by atoms with van der Waals surface area (Å²) in [7, 11) is 0. The fourth-order valence-corrected chi connectivity index (χ4v) is 3.61. The minimum absolute atomic E-state index is 0.0844. The Hall–Kier alpha value is -2.48. The van der Waals surface area contributed by atoms with Crippen LogP contribution in [0.5, 0.6) is 0 Å². The number of fused-ring (bicyclic) bond motifs is 1. The molecule has 8 heteroatoms. The molecule has 1 aliphatic rings. The summed E-state index contributed by atoms with van der Waals surface area (Å²) in [5.41, 5.74) is 1.54. The number of amides is 1. The number of carbonyl (C=O) groups is 1. The first-order valence-corrected chi connectivity index (χ1v) is 10.00. The third-order valence-electron chi connectivity index (χ3n) is 4.77. The number of aryl methyl sites for hydroxylation is 1. The Kier molecular flexibility index (Phi) is 5.33. The lowest BCUT2D eigenvalue weighted by Crippen LogP contribution is -2.26. The molecular formula is C19H21BrN6O. The average molecular weight is 429 g/mol. The summed E-state index contributed by atoms with van der Waals surface area (Å²) < 4.78 is 4.88. The van der Waals surface area contributed by atoms with E-state index >= 15 is 0 Å². The van der Waals surface area contributed by atoms with Crippen LogP contribution in [0.25, 0.3) is 5.69 Å². The molecule has 1 N–H and O–H groups in total. The molecule has 0 radical (unpaired) electrons. The van der Waals surface area contributed by atoms with Gasteiger partial charge in [-0.05, 0) is 53.0 Å². The van der Waals surface area contributed by atoms with Crippen molar-refractivity contribution in [2.45, 2.75) is 38.6 Å². The number of halogens is 1. The zero-order chi connectivity index (χ0) is 18.6. The molecule has 0 fully saturated rings. The van der Waals surface area contributed by atoms with E-state index < -0.39 is 0 Å². The van der Waals surface area contributed by atoms with Gasteiger partial charge in [0, 0.05) is 37.7 Å². The molecule has 1 amide bonds. The van der Waals surface area contributed by atoms with Gasteiger partial charge in [-0.25, -0.2) is 4.68 Å². The normalized spacial score (nSPS) is 13.8. The van der Waals surface area contributed by atoms with Crippen molar-refractivity contribution in [3.8, 4) is 5.69 Å². The number of carbonyl (C=O) groups excluding carboxylic acids is 1. The van der Waals surface area contributed by atoms with Gasteiger partial charge in [-0.1, -0.05) is 6.42 Å². The number of rotatable bonds is 5. The third kappa shape index (κ3) is 4.10. The van der Waals surface area contributed by atoms with Crippen molar-refractivity contribution in [3.05, 3.63) is 58.3 Å². The Balaban J connectivity index is 1.34. The molecule has 3 aromatic rings. The van der Waals surface area contributed by atoms with E-state index in [1.807, 2.05) is 30.5 Å². The van der Waals surface area contributed by atoms with Crippen LogP contribution in [-0.4, -0.2) is 37.0 Å². The largest absolute Gasteiger partial charge is 0.352 e. The number of nitrogens with zero attached hydrogens (tertiary/aromatic N) is 5. The van der Waals surface area contributed by atoms with E-state index in [4.69, 9.17) is 0 Å². The zero-order valence-corrected chi connectivity index (χ0v) is 16.5. The monoisotopic (exact) mass is 428 g/mol. The average Bonchev–Trinajstić information content (AvgIpc) is 3.21. The Morgan fingerprint density at radius 1 is 1.15 bits per heavy atom. The van der Waals surface area contributed by atoms with Crippen LogP contribution in [0.2, 0.25) is 0 Å². The van der Waals surface area contributed by atoms with Crippen molar-refractivity contribution in [2.24, 2.45) is 0 Å². The molecule has 0 spiro atoms. The first-order valence-electron chi connectivity index (χ1n) is 9.20. The summed E-state index contributed by atoms with van der Waals surface area (Å²) in [6.45, 7) is 1.53. The highest BCUT2D eigenvalue weighted by molar-refractivity contribution is 9.10. The van der Waals surface area contributed by atoms with E-state index in [0.29, 0.717) is 18.5 Å². The van der Waals surface area contributed by atoms with Crippen LogP contribution in [0, 0.1) is 0 Å². The predicted octanol–water partition coefficient (Wildman–Crippen LogP) is 2.93. The number of benzene rings is 1. The molecule has 3 heterocycles. The van der Waals surface area contributed by atoms with Gasteiger partial charge >= 0.3 is 0 Å². The lowest BCUT2D eigenvalue weighted by atomic mass is 10.2. The molecule has 0 unspecified atom stereocenters. The molecule has 4 rings (SSSR count). The Labute approximate surface area is 165 Å². The van der Waals surface area contributed by atoms with Gasteiger partial charge in [-0.15, -0.1) is 10.2 Å². The van der Waals surface area contributed by atoms with Gasteiger partial charge in [0.2, 0.25) is 0 Å². The predicted molar refractivity (Wildman–Crippen MR) is 105 cm³/mol. The van der Waals surface area contributed by atoms with Gasteiger partial charge in [0.15, 0.2) is 0 Å². The number of hydrogen-bond acceptors (Lipinski definition) is 4. The van der Waals surface area contributed by atoms with E-state index in [-0.39, 0.29) is 5.91 Å². The van der Waals surface area contributed by atoms with Crippen LogP contribution in [0.1, 0.15) is 41.3 Å². The van der Waals surface area contributed by atoms with E-state index in [1.165, 1.54) is 19.3 Å². The zero-order valence-electron chi connectivity index (χ0n) is 14.9. The second-order valence-electron chi connectivity index (χ2n) is 6.65. The van der Waals surface area contributed by atoms with Crippen LogP contribution in [-0.2, 0) is 19.4 Å². The fourth-order valence-electron chi connectivity index (χ4n) is 3.33. The van der Waals surface area contributed by atoms with Crippen molar-refractivity contribution in [1.29, 1.82) is 0 Å². The number of hydrogen-bond donors (Lipinski definition) is 1. The summed E-state index contributed by atoms with van der Waals surface area (Å²) in [4.78, 5) is 12.4. The molecule has 0 saturated carbocycles. The highest BCUT2D eigenvalue weighted by Crippen LogP contribution is 2.15. The second kappa shape index (κ2) is 8.04. The SMILES string of the molecule is O=C(NCCc1nnc2n1CCCCC2)c1ccc(-n2cc(Br)cn2)cc1. The molecule has 27 heavy (non-hydrogen) atoms. The van der Waals surface area contributed by atoms with Crippen LogP contribution < -0.4 is 5.32 Å². The lowest BCUT2D eigenvalue weighted by Gasteiger charge is -2.08. The van der Waals surface area contributed by atoms with Crippen molar-refractivity contribution in [3.63, 3.8) is 0 Å². The standard InChI is InChI=1S/C19H21BrN6O/c20-15-12-22-26(13-15)16-7-5-14(6-8-16)19(27)21-10-9-18-24-23-17-4-2-1-3-11-25(17)18/h5-8,12-13H,1-4,9-11H2,(H,21,27). The quantitative estimate of drug-likeness (QED) is 0.677. The van der Waals surface area contributed by atoms with E-state index in [0.717, 1.165) is 34.8 Å². The summed E-state index contributed by atoms with van der Waals surface area (Å²) in [6, 6.07) is 7.38. The van der Waals surface area contributed by atoms with Crippen molar-refractivity contribution in [1.82, 2.24) is 29.9 Å². The molecule has 0 atom stereocenters. The van der Waals surface area contributed by atoms with Gasteiger partial charge in [0.25, 0.3) is 5.91 Å². The van der Waals surface area contributed by atoms with Gasteiger partial charge in [-0.3, -0.25) is 4.79 Å². The highest BCUT2D eigenvalue weighted by atomic mass is 79.9. The van der Waals surface area contributed by atoms with Gasteiger partial charge in [-0.2, -0.15) is 5.10 Å². The van der Waals surface area contributed by atoms with Crippen molar-refractivity contribution < 1.29 is 4.79 Å². The van der Waals surface area contributed by atoms with E-state index in [1.54, 1.807) is 10.9 Å². The molecule has 140 valence electrons. The number of aromatic nitrogens is 5. The maximum atomic E-state index is 12.4. The summed E-state index contributed by atoms with van der Waals surface area (Å²) in [6.07, 6.45) is 8.88. The van der Waals surface area contributed by atoms with Gasteiger partial charge in [0.05, 0.1) is 16.4 Å². The maximum Gasteiger partial charge on any atom is 0.251 e. The molecule has 1 aliphatic heterocycles. The minimum atomic E-state index is -0.0844. The van der Waals surface area contributed by atoms with Crippen molar-refractivity contribution >= 4 is 21.8 Å². The lowest BCUT2D eigenvalue weighted by molar-refractivity contribution is 0.0954. The second-order valence-corrected chi connectivity index (χ2v) is 7.57. The molecule has 2 aromatic heterocycles. The Bertz CT molecular complexity index is 930. The van der Waals surface area contributed by atoms with Crippen LogP contribution >= 0.6 is 15.9 Å². The fraction of sp³-hybridized carbons (Fsp3) is 0.368. The van der Waals surface area contributed by atoms with Crippen molar-refractivity contribution in [2.75, 3.05) is 6.54 Å². The van der Waals surface area contributed by atoms with E-state index in [2.05, 4.69) is 41.1 Å². The summed E-state index contributed by atoms with van der Waals surface area (Å²) in [5, 5.41) is 15.8. The molecule has 7 nitrogen and oxygen atoms in total. The maximum absolute atomic E-state index is 12.4. The molecular weight excluding hydrogens is 408 g/mol. The molecule has 1 aromatic carbocycles. The Morgan fingerprint density at radius 2 is 2.00 bits per heavy atom. The third-order valence-corrected chi connectivity index (χ3v) is 5.17. The molecule has 0 bridgehead atoms. The van der Waals surface area contributed by atoms with Crippen LogP contribution in [0.4, 0.5) is 0 Å². The van der Waals surface area contributed by atoms with Gasteiger partial charge in [0.1, 0.15) is 11.6 Å². The summed E-state index contributed by atoms with van der Waals surface area (Å²) >= 11 is 3.38. The topological polar surface area (TPSA) is 77.6 Å².